The molecule has 0 saturated carbocycles. The number of carbonyl (C=O) groups excluding carboxylic acids is 2. The molecule has 0 spiro atoms. The smallest absolute Gasteiger partial charge is 0.249 e. The van der Waals surface area contributed by atoms with Gasteiger partial charge in [-0.15, -0.1) is 6.58 Å². The number of piperidine rings is 1. The van der Waals surface area contributed by atoms with Crippen LogP contribution in [-0.4, -0.2) is 53.7 Å². The lowest BCUT2D eigenvalue weighted by Crippen LogP contribution is -2.73. The minimum Gasteiger partial charge on any atom is -0.375 e. The quantitative estimate of drug-likeness (QED) is 0.104. The second-order valence-electron chi connectivity index (χ2n) is 13.9. The summed E-state index contributed by atoms with van der Waals surface area (Å²) in [7, 11) is 0. The van der Waals surface area contributed by atoms with E-state index in [1.807, 2.05) is 121 Å². The molecule has 0 aromatic heterocycles. The first-order valence-electron chi connectivity index (χ1n) is 19.1. The van der Waals surface area contributed by atoms with Gasteiger partial charge in [0.15, 0.2) is 0 Å². The van der Waals surface area contributed by atoms with Gasteiger partial charge >= 0.3 is 0 Å². The number of benzene rings is 4. The van der Waals surface area contributed by atoms with Crippen LogP contribution in [0.5, 0.6) is 0 Å². The van der Waals surface area contributed by atoms with E-state index in [1.54, 1.807) is 11.0 Å². The molecule has 8 nitrogen and oxygen atoms in total. The number of allylic oxidation sites excluding steroid dienone is 3. The third-order valence-electron chi connectivity index (χ3n) is 9.94. The molecule has 5 atom stereocenters. The van der Waals surface area contributed by atoms with Crippen LogP contribution in [0, 0.1) is 0 Å². The molecule has 1 aliphatic carbocycles. The van der Waals surface area contributed by atoms with Crippen LogP contribution in [0.25, 0.3) is 0 Å². The molecule has 2 amide bonds. The van der Waals surface area contributed by atoms with E-state index in [-0.39, 0.29) is 44.7 Å². The SMILES string of the molecule is C=CCCC(=O)N1[C@H](COCc2ccccc2)[C@@H](OCc2ccccc2)[C@H](OCc2ccccc2)[C@@H](OCc2ccccc2)[C@H]1C(=O)NC1=CCCCC1. The highest BCUT2D eigenvalue weighted by Gasteiger charge is 2.55. The molecule has 8 heteroatoms. The molecular formula is C46H52N2O6. The van der Waals surface area contributed by atoms with Crippen LogP contribution in [-0.2, 0) is 55.0 Å². The normalized spacial score (nSPS) is 21.2. The van der Waals surface area contributed by atoms with Crippen molar-refractivity contribution in [2.45, 2.75) is 95.3 Å². The van der Waals surface area contributed by atoms with Gasteiger partial charge < -0.3 is 29.2 Å². The highest BCUT2D eigenvalue weighted by atomic mass is 16.6. The van der Waals surface area contributed by atoms with Gasteiger partial charge in [-0.25, -0.2) is 0 Å². The lowest BCUT2D eigenvalue weighted by molar-refractivity contribution is -0.227. The maximum absolute atomic E-state index is 14.8. The predicted octanol–water partition coefficient (Wildman–Crippen LogP) is 8.08. The Kier molecular flexibility index (Phi) is 14.8. The van der Waals surface area contributed by atoms with Gasteiger partial charge in [0.1, 0.15) is 24.4 Å². The van der Waals surface area contributed by atoms with Crippen LogP contribution < -0.4 is 5.32 Å². The first-order valence-corrected chi connectivity index (χ1v) is 19.1. The first-order chi connectivity index (χ1) is 26.6. The van der Waals surface area contributed by atoms with Crippen LogP contribution in [0.15, 0.2) is 146 Å². The summed E-state index contributed by atoms with van der Waals surface area (Å²) in [6.07, 6.45) is 5.77. The summed E-state index contributed by atoms with van der Waals surface area (Å²) < 4.78 is 27.1. The zero-order valence-electron chi connectivity index (χ0n) is 31.0. The van der Waals surface area contributed by atoms with E-state index in [0.717, 1.165) is 53.6 Å². The summed E-state index contributed by atoms with van der Waals surface area (Å²) in [4.78, 5) is 31.1. The molecule has 6 rings (SSSR count). The van der Waals surface area contributed by atoms with Crippen molar-refractivity contribution in [2.75, 3.05) is 6.61 Å². The van der Waals surface area contributed by atoms with Crippen molar-refractivity contribution < 1.29 is 28.5 Å². The van der Waals surface area contributed by atoms with Crippen LogP contribution in [0.3, 0.4) is 0 Å². The Morgan fingerprint density at radius 3 is 1.67 bits per heavy atom. The van der Waals surface area contributed by atoms with Gasteiger partial charge in [0.25, 0.3) is 0 Å². The van der Waals surface area contributed by atoms with Crippen molar-refractivity contribution in [1.29, 1.82) is 0 Å². The fourth-order valence-corrected chi connectivity index (χ4v) is 7.19. The van der Waals surface area contributed by atoms with Crippen molar-refractivity contribution in [1.82, 2.24) is 10.2 Å². The molecule has 1 heterocycles. The van der Waals surface area contributed by atoms with Crippen molar-refractivity contribution in [3.8, 4) is 0 Å². The van der Waals surface area contributed by atoms with Crippen molar-refractivity contribution >= 4 is 11.8 Å². The number of amides is 2. The number of hydrogen-bond donors (Lipinski definition) is 1. The Labute approximate surface area is 319 Å². The van der Waals surface area contributed by atoms with Gasteiger partial charge in [-0.05, 0) is 54.4 Å². The second-order valence-corrected chi connectivity index (χ2v) is 13.9. The Hall–Kier alpha value is -4.86. The highest BCUT2D eigenvalue weighted by Crippen LogP contribution is 2.35. The molecule has 1 aliphatic heterocycles. The Morgan fingerprint density at radius 2 is 1.17 bits per heavy atom. The summed E-state index contributed by atoms with van der Waals surface area (Å²) in [5.74, 6) is -0.514. The highest BCUT2D eigenvalue weighted by molar-refractivity contribution is 5.90. The number of rotatable bonds is 18. The standard InChI is InChI=1S/C46H52N2O6/c1-2-3-29-41(49)48-40(34-51-30-35-19-9-4-10-20-35)43(52-31-36-21-11-5-12-22-36)45(54-33-38-25-15-7-16-26-38)44(53-32-37-23-13-6-14-24-37)42(48)46(50)47-39-27-17-8-18-28-39/h2,4-7,9-16,19-27,40,42-45H,1,3,8,17-18,28-34H2,(H,47,50)/t40-,42+,43-,44+,45+/m1/s1. The van der Waals surface area contributed by atoms with Crippen LogP contribution >= 0.6 is 0 Å². The van der Waals surface area contributed by atoms with Crippen LogP contribution in [0.4, 0.5) is 0 Å². The Balaban J connectivity index is 1.44. The number of nitrogens with zero attached hydrogens (tertiary/aromatic N) is 1. The summed E-state index contributed by atoms with van der Waals surface area (Å²) in [6.45, 7) is 5.03. The monoisotopic (exact) mass is 728 g/mol. The molecule has 54 heavy (non-hydrogen) atoms. The lowest BCUT2D eigenvalue weighted by atomic mass is 9.85. The number of ether oxygens (including phenoxy) is 4. The van der Waals surface area contributed by atoms with Crippen molar-refractivity contribution in [2.24, 2.45) is 0 Å². The van der Waals surface area contributed by atoms with E-state index in [2.05, 4.69) is 18.0 Å². The largest absolute Gasteiger partial charge is 0.375 e. The Bertz CT molecular complexity index is 1770. The zero-order chi connectivity index (χ0) is 37.4. The van der Waals surface area contributed by atoms with E-state index < -0.39 is 30.4 Å². The molecule has 2 aliphatic rings. The molecule has 4 aromatic rings. The van der Waals surface area contributed by atoms with Gasteiger partial charge in [0.2, 0.25) is 11.8 Å². The average Bonchev–Trinajstić information content (AvgIpc) is 3.22. The molecule has 1 fully saturated rings. The van der Waals surface area contributed by atoms with Gasteiger partial charge in [0.05, 0.1) is 39.1 Å². The van der Waals surface area contributed by atoms with Crippen LogP contribution in [0.1, 0.15) is 60.8 Å². The third kappa shape index (κ3) is 10.9. The summed E-state index contributed by atoms with van der Waals surface area (Å²) in [5.41, 5.74) is 4.74. The Morgan fingerprint density at radius 1 is 0.667 bits per heavy atom. The fraction of sp³-hybridized carbons (Fsp3) is 0.348. The number of hydrogen-bond acceptors (Lipinski definition) is 6. The minimum absolute atomic E-state index is 0.108. The summed E-state index contributed by atoms with van der Waals surface area (Å²) in [6, 6.07) is 37.9. The maximum Gasteiger partial charge on any atom is 0.249 e. The van der Waals surface area contributed by atoms with E-state index in [0.29, 0.717) is 13.0 Å². The van der Waals surface area contributed by atoms with Gasteiger partial charge in [-0.1, -0.05) is 133 Å². The third-order valence-corrected chi connectivity index (χ3v) is 9.94. The number of nitrogens with one attached hydrogen (secondary N) is 1. The molecule has 4 aromatic carbocycles. The summed E-state index contributed by atoms with van der Waals surface area (Å²) in [5, 5.41) is 3.22. The average molecular weight is 729 g/mol. The maximum atomic E-state index is 14.8. The summed E-state index contributed by atoms with van der Waals surface area (Å²) >= 11 is 0. The molecule has 1 saturated heterocycles. The number of likely N-dealkylation sites (tertiary alicyclic amines) is 1. The first kappa shape index (κ1) is 38.9. The predicted molar refractivity (Wildman–Crippen MR) is 210 cm³/mol. The van der Waals surface area contributed by atoms with E-state index in [9.17, 15) is 9.59 Å². The molecule has 0 bridgehead atoms. The van der Waals surface area contributed by atoms with Gasteiger partial charge in [0, 0.05) is 12.1 Å². The molecular weight excluding hydrogens is 677 g/mol. The van der Waals surface area contributed by atoms with Crippen molar-refractivity contribution in [3.63, 3.8) is 0 Å². The van der Waals surface area contributed by atoms with E-state index in [1.165, 1.54) is 0 Å². The van der Waals surface area contributed by atoms with E-state index >= 15 is 0 Å². The van der Waals surface area contributed by atoms with Crippen LogP contribution in [0.2, 0.25) is 0 Å². The van der Waals surface area contributed by atoms with E-state index in [4.69, 9.17) is 18.9 Å². The topological polar surface area (TPSA) is 86.3 Å². The molecule has 0 unspecified atom stereocenters. The minimum atomic E-state index is -1.04. The molecule has 282 valence electrons. The fourth-order valence-electron chi connectivity index (χ4n) is 7.19. The lowest BCUT2D eigenvalue weighted by Gasteiger charge is -2.52. The van der Waals surface area contributed by atoms with Crippen molar-refractivity contribution in [3.05, 3.63) is 168 Å². The number of carbonyl (C=O) groups is 2. The van der Waals surface area contributed by atoms with Gasteiger partial charge in [-0.2, -0.15) is 0 Å². The molecule has 1 N–H and O–H groups in total. The zero-order valence-corrected chi connectivity index (χ0v) is 31.0. The van der Waals surface area contributed by atoms with Gasteiger partial charge in [-0.3, -0.25) is 9.59 Å². The second kappa shape index (κ2) is 20.6. The molecule has 0 radical (unpaired) electrons.